The Morgan fingerprint density at radius 2 is 1.85 bits per heavy atom. The summed E-state index contributed by atoms with van der Waals surface area (Å²) in [4.78, 5) is 25.7. The van der Waals surface area contributed by atoms with Crippen molar-refractivity contribution in [1.82, 2.24) is 10.2 Å². The zero-order valence-corrected chi connectivity index (χ0v) is 18.7. The molecule has 0 saturated carbocycles. The van der Waals surface area contributed by atoms with Crippen LogP contribution in [0.15, 0.2) is 64.3 Å². The van der Waals surface area contributed by atoms with Gasteiger partial charge in [-0.3, -0.25) is 14.3 Å². The molecule has 1 amide bonds. The molecular weight excluding hydrogens is 446 g/mol. The summed E-state index contributed by atoms with van der Waals surface area (Å²) in [5.41, 5.74) is 0.692. The van der Waals surface area contributed by atoms with Crippen molar-refractivity contribution in [3.8, 4) is 5.75 Å². The van der Waals surface area contributed by atoms with Gasteiger partial charge in [-0.2, -0.15) is 5.10 Å². The molecule has 3 aromatic rings. The van der Waals surface area contributed by atoms with Gasteiger partial charge in [0.1, 0.15) is 16.3 Å². The molecule has 0 aliphatic carbocycles. The first-order valence-corrected chi connectivity index (χ1v) is 11.8. The largest absolute Gasteiger partial charge is 0.495 e. The molecule has 0 radical (unpaired) electrons. The van der Waals surface area contributed by atoms with Crippen LogP contribution in [-0.2, 0) is 10.0 Å². The van der Waals surface area contributed by atoms with Crippen molar-refractivity contribution in [2.75, 3.05) is 35.1 Å². The zero-order chi connectivity index (χ0) is 23.4. The number of rotatable bonds is 7. The van der Waals surface area contributed by atoms with Crippen molar-refractivity contribution in [2.45, 2.75) is 17.7 Å². The van der Waals surface area contributed by atoms with E-state index in [1.807, 2.05) is 4.90 Å². The number of H-pyrrole nitrogens is 1. The van der Waals surface area contributed by atoms with E-state index in [4.69, 9.17) is 4.74 Å². The Balaban J connectivity index is 1.70. The minimum absolute atomic E-state index is 0.00484. The van der Waals surface area contributed by atoms with Crippen LogP contribution in [0.4, 0.5) is 17.1 Å². The number of sulfonamides is 1. The minimum atomic E-state index is -4.03. The average Bonchev–Trinajstić information content (AvgIpc) is 3.34. The monoisotopic (exact) mass is 469 g/mol. The molecule has 1 aliphatic rings. The van der Waals surface area contributed by atoms with Gasteiger partial charge in [-0.05, 0) is 49.2 Å². The number of hydrogen-bond acceptors (Lipinski definition) is 7. The van der Waals surface area contributed by atoms with E-state index in [-0.39, 0.29) is 16.3 Å². The third kappa shape index (κ3) is 4.98. The summed E-state index contributed by atoms with van der Waals surface area (Å²) >= 11 is 0. The van der Waals surface area contributed by atoms with Crippen molar-refractivity contribution in [1.29, 1.82) is 0 Å². The number of benzene rings is 2. The fourth-order valence-corrected chi connectivity index (χ4v) is 4.94. The number of para-hydroxylation sites is 2. The smallest absolute Gasteiger partial charge is 0.276 e. The molecule has 2 heterocycles. The number of hydrogen-bond donors (Lipinski definition) is 3. The lowest BCUT2D eigenvalue weighted by molar-refractivity contribution is 0.102. The van der Waals surface area contributed by atoms with Gasteiger partial charge in [-0.1, -0.05) is 12.1 Å². The maximum absolute atomic E-state index is 13.4. The standard InChI is InChI=1S/C22H23N5O5S/c1-32-19-7-3-2-6-16(19)26-33(30,31)20-14-15(8-10-18(20)27-12-4-5-13-27)23-22(29)17-9-11-21(28)25-24-17/h2-3,6-11,14,26H,4-5,12-13H2,1H3,(H,23,29)(H,25,28). The molecule has 172 valence electrons. The molecule has 2 aromatic carbocycles. The van der Waals surface area contributed by atoms with Gasteiger partial charge >= 0.3 is 0 Å². The van der Waals surface area contributed by atoms with Gasteiger partial charge in [0.15, 0.2) is 0 Å². The number of aromatic amines is 1. The molecule has 1 fully saturated rings. The lowest BCUT2D eigenvalue weighted by atomic mass is 10.2. The Bertz CT molecular complexity index is 1310. The number of carbonyl (C=O) groups excluding carboxylic acids is 1. The van der Waals surface area contributed by atoms with Crippen molar-refractivity contribution in [3.05, 3.63) is 70.6 Å². The molecule has 4 rings (SSSR count). The zero-order valence-electron chi connectivity index (χ0n) is 17.9. The first-order valence-electron chi connectivity index (χ1n) is 10.3. The second kappa shape index (κ2) is 9.33. The van der Waals surface area contributed by atoms with E-state index in [0.29, 0.717) is 17.1 Å². The molecule has 11 heteroatoms. The third-order valence-corrected chi connectivity index (χ3v) is 6.61. The van der Waals surface area contributed by atoms with Crippen molar-refractivity contribution in [3.63, 3.8) is 0 Å². The van der Waals surface area contributed by atoms with Crippen LogP contribution in [0.2, 0.25) is 0 Å². The number of nitrogens with zero attached hydrogens (tertiary/aromatic N) is 2. The van der Waals surface area contributed by atoms with Crippen LogP contribution in [0.1, 0.15) is 23.3 Å². The predicted molar refractivity (Wildman–Crippen MR) is 125 cm³/mol. The van der Waals surface area contributed by atoms with E-state index in [2.05, 4.69) is 20.2 Å². The molecular formula is C22H23N5O5S. The van der Waals surface area contributed by atoms with Gasteiger partial charge in [-0.15, -0.1) is 0 Å². The van der Waals surface area contributed by atoms with E-state index in [1.165, 1.54) is 25.3 Å². The average molecular weight is 470 g/mol. The summed E-state index contributed by atoms with van der Waals surface area (Å²) in [6.07, 6.45) is 1.94. The highest BCUT2D eigenvalue weighted by Crippen LogP contribution is 2.34. The van der Waals surface area contributed by atoms with Gasteiger partial charge in [0, 0.05) is 24.8 Å². The van der Waals surface area contributed by atoms with Gasteiger partial charge in [-0.25, -0.2) is 13.5 Å². The van der Waals surface area contributed by atoms with Crippen LogP contribution in [0.3, 0.4) is 0 Å². The predicted octanol–water partition coefficient (Wildman–Crippen LogP) is 2.43. The van der Waals surface area contributed by atoms with Gasteiger partial charge in [0.25, 0.3) is 21.5 Å². The number of ether oxygens (including phenoxy) is 1. The van der Waals surface area contributed by atoms with Gasteiger partial charge in [0.05, 0.1) is 18.5 Å². The quantitative estimate of drug-likeness (QED) is 0.484. The van der Waals surface area contributed by atoms with Crippen LogP contribution in [0, 0.1) is 0 Å². The SMILES string of the molecule is COc1ccccc1NS(=O)(=O)c1cc(NC(=O)c2ccc(=O)[nH]n2)ccc1N1CCCC1. The van der Waals surface area contributed by atoms with Crippen LogP contribution in [0.5, 0.6) is 5.75 Å². The number of anilines is 3. The van der Waals surface area contributed by atoms with Crippen LogP contribution >= 0.6 is 0 Å². The van der Waals surface area contributed by atoms with Crippen LogP contribution in [0.25, 0.3) is 0 Å². The first-order chi connectivity index (χ1) is 15.9. The highest BCUT2D eigenvalue weighted by molar-refractivity contribution is 7.93. The number of methoxy groups -OCH3 is 1. The molecule has 0 unspecified atom stereocenters. The summed E-state index contributed by atoms with van der Waals surface area (Å²) in [6, 6.07) is 13.9. The van der Waals surface area contributed by atoms with E-state index in [0.717, 1.165) is 25.9 Å². The lowest BCUT2D eigenvalue weighted by Crippen LogP contribution is -2.23. The molecule has 3 N–H and O–H groups in total. The van der Waals surface area contributed by atoms with Gasteiger partial charge in [0.2, 0.25) is 0 Å². The summed E-state index contributed by atoms with van der Waals surface area (Å²) in [7, 11) is -2.57. The maximum Gasteiger partial charge on any atom is 0.276 e. The number of carbonyl (C=O) groups is 1. The first kappa shape index (κ1) is 22.3. The van der Waals surface area contributed by atoms with Crippen molar-refractivity contribution in [2.24, 2.45) is 0 Å². The molecule has 33 heavy (non-hydrogen) atoms. The summed E-state index contributed by atoms with van der Waals surface area (Å²) in [6.45, 7) is 1.48. The number of aromatic nitrogens is 2. The van der Waals surface area contributed by atoms with Crippen LogP contribution < -0.4 is 25.2 Å². The fourth-order valence-electron chi connectivity index (χ4n) is 3.62. The van der Waals surface area contributed by atoms with E-state index in [1.54, 1.807) is 36.4 Å². The number of amides is 1. The van der Waals surface area contributed by atoms with E-state index < -0.39 is 21.5 Å². The topological polar surface area (TPSA) is 133 Å². The molecule has 0 spiro atoms. The molecule has 1 saturated heterocycles. The Kier molecular flexibility index (Phi) is 6.31. The Hall–Kier alpha value is -3.86. The second-order valence-corrected chi connectivity index (χ2v) is 9.09. The van der Waals surface area contributed by atoms with E-state index in [9.17, 15) is 18.0 Å². The lowest BCUT2D eigenvalue weighted by Gasteiger charge is -2.23. The fraction of sp³-hybridized carbons (Fsp3) is 0.227. The van der Waals surface area contributed by atoms with Crippen LogP contribution in [-0.4, -0.2) is 44.7 Å². The van der Waals surface area contributed by atoms with E-state index >= 15 is 0 Å². The second-order valence-electron chi connectivity index (χ2n) is 7.44. The molecule has 0 bridgehead atoms. The third-order valence-electron chi connectivity index (χ3n) is 5.22. The minimum Gasteiger partial charge on any atom is -0.495 e. The molecule has 10 nitrogen and oxygen atoms in total. The summed E-state index contributed by atoms with van der Waals surface area (Å²) in [5, 5.41) is 8.53. The highest BCUT2D eigenvalue weighted by atomic mass is 32.2. The Morgan fingerprint density at radius 3 is 2.55 bits per heavy atom. The molecule has 1 aliphatic heterocycles. The highest BCUT2D eigenvalue weighted by Gasteiger charge is 2.26. The molecule has 1 aromatic heterocycles. The summed E-state index contributed by atoms with van der Waals surface area (Å²) < 4.78 is 34.7. The van der Waals surface area contributed by atoms with Crippen molar-refractivity contribution >= 4 is 33.0 Å². The van der Waals surface area contributed by atoms with Crippen molar-refractivity contribution < 1.29 is 17.9 Å². The number of nitrogens with one attached hydrogen (secondary N) is 3. The Morgan fingerprint density at radius 1 is 1.09 bits per heavy atom. The van der Waals surface area contributed by atoms with Gasteiger partial charge < -0.3 is 15.0 Å². The normalized spacial score (nSPS) is 13.5. The summed E-state index contributed by atoms with van der Waals surface area (Å²) in [5.74, 6) is -0.196. The Labute approximate surface area is 190 Å². The maximum atomic E-state index is 13.4. The molecule has 0 atom stereocenters.